The third-order valence-electron chi connectivity index (χ3n) is 6.53. The number of hydrogen-bond acceptors (Lipinski definition) is 3. The molecule has 3 nitrogen and oxygen atoms in total. The van der Waals surface area contributed by atoms with Gasteiger partial charge in [0.2, 0.25) is 0 Å². The predicted molar refractivity (Wildman–Crippen MR) is 94.2 cm³/mol. The number of rotatable bonds is 8. The summed E-state index contributed by atoms with van der Waals surface area (Å²) < 4.78 is 0. The summed E-state index contributed by atoms with van der Waals surface area (Å²) in [5, 5.41) is 13.2. The molecule has 0 spiro atoms. The fraction of sp³-hybridized carbons (Fsp3) is 1.00. The number of piperidine rings is 1. The summed E-state index contributed by atoms with van der Waals surface area (Å²) in [6.45, 7) is 8.51. The van der Waals surface area contributed by atoms with Gasteiger partial charge in [0.1, 0.15) is 0 Å². The lowest BCUT2D eigenvalue weighted by molar-refractivity contribution is 0.106. The van der Waals surface area contributed by atoms with Gasteiger partial charge in [0.15, 0.2) is 0 Å². The van der Waals surface area contributed by atoms with Gasteiger partial charge in [-0.25, -0.2) is 0 Å². The maximum absolute atomic E-state index is 9.35. The minimum absolute atomic E-state index is 0.301. The molecule has 0 amide bonds. The maximum atomic E-state index is 9.35. The second-order valence-corrected chi connectivity index (χ2v) is 7.66. The summed E-state index contributed by atoms with van der Waals surface area (Å²) in [6.07, 6.45) is 13.1. The highest BCUT2D eigenvalue weighted by Crippen LogP contribution is 2.30. The third-order valence-corrected chi connectivity index (χ3v) is 6.53. The van der Waals surface area contributed by atoms with Crippen LogP contribution in [0.5, 0.6) is 0 Å². The van der Waals surface area contributed by atoms with Crippen LogP contribution < -0.4 is 5.32 Å². The van der Waals surface area contributed by atoms with E-state index in [1.807, 2.05) is 0 Å². The number of nitrogens with zero attached hydrogens (tertiary/aromatic N) is 1. The van der Waals surface area contributed by atoms with E-state index in [1.54, 1.807) is 0 Å². The van der Waals surface area contributed by atoms with Crippen molar-refractivity contribution in [2.45, 2.75) is 90.1 Å². The SMILES string of the molecule is CCC(CC)(CCO)CNC1CCN(C2CCCCC2)CC1. The lowest BCUT2D eigenvalue weighted by atomic mass is 9.79. The molecule has 3 heteroatoms. The molecule has 0 aromatic carbocycles. The van der Waals surface area contributed by atoms with Crippen molar-refractivity contribution in [3.05, 3.63) is 0 Å². The molecular weight excluding hydrogens is 272 g/mol. The minimum Gasteiger partial charge on any atom is -0.396 e. The molecule has 2 fully saturated rings. The Morgan fingerprint density at radius 2 is 1.64 bits per heavy atom. The van der Waals surface area contributed by atoms with Crippen LogP contribution in [0.25, 0.3) is 0 Å². The Balaban J connectivity index is 1.72. The zero-order valence-electron chi connectivity index (χ0n) is 14.9. The average Bonchev–Trinajstić information content (AvgIpc) is 2.60. The highest BCUT2D eigenvalue weighted by molar-refractivity contribution is 4.86. The standard InChI is InChI=1S/C19H38N2O/c1-3-19(4-2,12-15-22)16-20-17-10-13-21(14-11-17)18-8-6-5-7-9-18/h17-18,20,22H,3-16H2,1-2H3. The molecule has 0 atom stereocenters. The van der Waals surface area contributed by atoms with Crippen molar-refractivity contribution in [1.82, 2.24) is 10.2 Å². The predicted octanol–water partition coefficient (Wildman–Crippen LogP) is 3.56. The molecule has 0 aromatic heterocycles. The van der Waals surface area contributed by atoms with Crippen molar-refractivity contribution in [2.75, 3.05) is 26.2 Å². The van der Waals surface area contributed by atoms with Crippen LogP contribution in [0.2, 0.25) is 0 Å². The van der Waals surface area contributed by atoms with Gasteiger partial charge in [0.05, 0.1) is 0 Å². The molecule has 1 aliphatic heterocycles. The van der Waals surface area contributed by atoms with Crippen LogP contribution in [0.4, 0.5) is 0 Å². The maximum Gasteiger partial charge on any atom is 0.0436 e. The van der Waals surface area contributed by atoms with Gasteiger partial charge in [-0.1, -0.05) is 33.1 Å². The summed E-state index contributed by atoms with van der Waals surface area (Å²) in [5.74, 6) is 0. The highest BCUT2D eigenvalue weighted by atomic mass is 16.3. The first-order chi connectivity index (χ1) is 10.7. The Hall–Kier alpha value is -0.120. The van der Waals surface area contributed by atoms with Crippen molar-refractivity contribution >= 4 is 0 Å². The van der Waals surface area contributed by atoms with Gasteiger partial charge in [-0.2, -0.15) is 0 Å². The van der Waals surface area contributed by atoms with Crippen LogP contribution in [0.3, 0.4) is 0 Å². The number of aliphatic hydroxyl groups is 1. The van der Waals surface area contributed by atoms with E-state index in [0.29, 0.717) is 18.1 Å². The monoisotopic (exact) mass is 310 g/mol. The number of aliphatic hydroxyl groups excluding tert-OH is 1. The van der Waals surface area contributed by atoms with Crippen molar-refractivity contribution in [1.29, 1.82) is 0 Å². The summed E-state index contributed by atoms with van der Waals surface area (Å²) in [5.41, 5.74) is 0.301. The average molecular weight is 311 g/mol. The molecule has 2 aliphatic rings. The van der Waals surface area contributed by atoms with E-state index in [9.17, 15) is 5.11 Å². The lowest BCUT2D eigenvalue weighted by Crippen LogP contribution is -2.49. The van der Waals surface area contributed by atoms with E-state index in [4.69, 9.17) is 0 Å². The first-order valence-corrected chi connectivity index (χ1v) is 9.81. The zero-order chi connectivity index (χ0) is 15.8. The molecule has 1 aliphatic carbocycles. The molecule has 1 heterocycles. The van der Waals surface area contributed by atoms with Gasteiger partial charge in [0, 0.05) is 25.2 Å². The Morgan fingerprint density at radius 1 is 1.00 bits per heavy atom. The van der Waals surface area contributed by atoms with E-state index in [2.05, 4.69) is 24.1 Å². The van der Waals surface area contributed by atoms with Crippen molar-refractivity contribution in [3.8, 4) is 0 Å². The van der Waals surface area contributed by atoms with Gasteiger partial charge in [-0.05, 0) is 63.5 Å². The first kappa shape index (κ1) is 18.2. The van der Waals surface area contributed by atoms with E-state index >= 15 is 0 Å². The Kier molecular flexibility index (Phi) is 7.66. The van der Waals surface area contributed by atoms with Crippen molar-refractivity contribution in [2.24, 2.45) is 5.41 Å². The zero-order valence-corrected chi connectivity index (χ0v) is 14.9. The van der Waals surface area contributed by atoms with Gasteiger partial charge in [-0.3, -0.25) is 0 Å². The highest BCUT2D eigenvalue weighted by Gasteiger charge is 2.29. The number of hydrogen-bond donors (Lipinski definition) is 2. The van der Waals surface area contributed by atoms with Crippen LogP contribution in [0, 0.1) is 5.41 Å². The van der Waals surface area contributed by atoms with E-state index in [-0.39, 0.29) is 0 Å². The van der Waals surface area contributed by atoms with Crippen LogP contribution in [-0.4, -0.2) is 48.3 Å². The minimum atomic E-state index is 0.301. The van der Waals surface area contributed by atoms with Crippen molar-refractivity contribution in [3.63, 3.8) is 0 Å². The molecule has 1 saturated heterocycles. The lowest BCUT2D eigenvalue weighted by Gasteiger charge is -2.41. The first-order valence-electron chi connectivity index (χ1n) is 9.81. The topological polar surface area (TPSA) is 35.5 Å². The second kappa shape index (κ2) is 9.24. The van der Waals surface area contributed by atoms with Gasteiger partial charge in [-0.15, -0.1) is 0 Å². The number of likely N-dealkylation sites (tertiary alicyclic amines) is 1. The molecule has 130 valence electrons. The molecule has 0 unspecified atom stereocenters. The molecule has 0 radical (unpaired) electrons. The van der Waals surface area contributed by atoms with Gasteiger partial charge < -0.3 is 15.3 Å². The Labute approximate surface area is 137 Å². The summed E-state index contributed by atoms with van der Waals surface area (Å²) in [4.78, 5) is 2.76. The quantitative estimate of drug-likeness (QED) is 0.719. The summed E-state index contributed by atoms with van der Waals surface area (Å²) in [7, 11) is 0. The number of nitrogens with one attached hydrogen (secondary N) is 1. The van der Waals surface area contributed by atoms with Crippen LogP contribution >= 0.6 is 0 Å². The van der Waals surface area contributed by atoms with Crippen LogP contribution in [-0.2, 0) is 0 Å². The van der Waals surface area contributed by atoms with Crippen LogP contribution in [0.15, 0.2) is 0 Å². The molecular formula is C19H38N2O. The van der Waals surface area contributed by atoms with E-state index < -0.39 is 0 Å². The molecule has 0 aromatic rings. The molecule has 2 N–H and O–H groups in total. The van der Waals surface area contributed by atoms with E-state index in [1.165, 1.54) is 58.0 Å². The molecule has 22 heavy (non-hydrogen) atoms. The molecule has 0 bridgehead atoms. The van der Waals surface area contributed by atoms with Gasteiger partial charge in [0.25, 0.3) is 0 Å². The fourth-order valence-corrected chi connectivity index (χ4v) is 4.45. The normalized spacial score (nSPS) is 23.0. The van der Waals surface area contributed by atoms with Gasteiger partial charge >= 0.3 is 0 Å². The largest absolute Gasteiger partial charge is 0.396 e. The Bertz CT molecular complexity index is 290. The molecule has 1 saturated carbocycles. The second-order valence-electron chi connectivity index (χ2n) is 7.66. The smallest absolute Gasteiger partial charge is 0.0436 e. The summed E-state index contributed by atoms with van der Waals surface area (Å²) >= 11 is 0. The van der Waals surface area contributed by atoms with Crippen molar-refractivity contribution < 1.29 is 5.11 Å². The van der Waals surface area contributed by atoms with Crippen LogP contribution in [0.1, 0.15) is 78.1 Å². The van der Waals surface area contributed by atoms with E-state index in [0.717, 1.165) is 31.8 Å². The Morgan fingerprint density at radius 3 is 2.18 bits per heavy atom. The fourth-order valence-electron chi connectivity index (χ4n) is 4.45. The third kappa shape index (κ3) is 4.94. The summed E-state index contributed by atoms with van der Waals surface area (Å²) in [6, 6.07) is 1.57. The molecule has 2 rings (SSSR count).